The molecule has 0 bridgehead atoms. The molecule has 0 aromatic carbocycles. The van der Waals surface area contributed by atoms with Crippen molar-refractivity contribution in [1.29, 1.82) is 0 Å². The highest BCUT2D eigenvalue weighted by Gasteiger charge is 2.44. The van der Waals surface area contributed by atoms with Crippen LogP contribution in [0.4, 0.5) is 0 Å². The normalized spacial score (nSPS) is 42.0. The Morgan fingerprint density at radius 2 is 1.88 bits per heavy atom. The Kier molecular flexibility index (Phi) is 2.79. The zero-order chi connectivity index (χ0) is 11.2. The maximum Gasteiger partial charge on any atom is 0.0157 e. The quantitative estimate of drug-likeness (QED) is 0.584. The monoisotopic (exact) mass is 246 g/mol. The van der Waals surface area contributed by atoms with Crippen molar-refractivity contribution >= 4 is 11.8 Å². The molecule has 3 aliphatic carbocycles. The largest absolute Gasteiger partial charge is 0.126 e. The first-order chi connectivity index (χ1) is 8.43. The summed E-state index contributed by atoms with van der Waals surface area (Å²) >= 11 is 2.24. The highest BCUT2D eigenvalue weighted by molar-refractivity contribution is 8.04. The number of fused-ring (bicyclic) bond motifs is 4. The second kappa shape index (κ2) is 4.33. The van der Waals surface area contributed by atoms with E-state index in [0.717, 1.165) is 17.1 Å². The molecule has 1 heteroatoms. The smallest absolute Gasteiger partial charge is 0.0157 e. The molecule has 1 aliphatic heterocycles. The van der Waals surface area contributed by atoms with Gasteiger partial charge in [0.25, 0.3) is 0 Å². The number of allylic oxidation sites excluding steroid dienone is 2. The lowest BCUT2D eigenvalue weighted by Crippen LogP contribution is -2.29. The van der Waals surface area contributed by atoms with Gasteiger partial charge in [0.05, 0.1) is 0 Å². The van der Waals surface area contributed by atoms with Gasteiger partial charge in [-0.3, -0.25) is 0 Å². The number of rotatable bonds is 0. The van der Waals surface area contributed by atoms with Gasteiger partial charge >= 0.3 is 0 Å². The van der Waals surface area contributed by atoms with Crippen LogP contribution in [0, 0.1) is 24.2 Å². The average Bonchev–Trinajstić information content (AvgIpc) is 2.77. The van der Waals surface area contributed by atoms with Crippen LogP contribution >= 0.6 is 11.8 Å². The van der Waals surface area contributed by atoms with E-state index in [-0.39, 0.29) is 0 Å². The maximum atomic E-state index is 2.58. The van der Waals surface area contributed by atoms with Crippen LogP contribution in [0.2, 0.25) is 0 Å². The minimum atomic E-state index is 0.921. The predicted molar refractivity (Wildman–Crippen MR) is 74.5 cm³/mol. The van der Waals surface area contributed by atoms with Gasteiger partial charge in [-0.2, -0.15) is 0 Å². The Morgan fingerprint density at radius 3 is 2.88 bits per heavy atom. The third-order valence-corrected chi connectivity index (χ3v) is 6.85. The third kappa shape index (κ3) is 1.72. The fraction of sp³-hybridized carbons (Fsp3) is 0.750. The maximum absolute atomic E-state index is 2.58. The van der Waals surface area contributed by atoms with E-state index >= 15 is 0 Å². The fourth-order valence-corrected chi connectivity index (χ4v) is 6.19. The van der Waals surface area contributed by atoms with Crippen molar-refractivity contribution in [3.05, 3.63) is 22.8 Å². The van der Waals surface area contributed by atoms with E-state index in [1.165, 1.54) is 57.8 Å². The molecule has 2 radical (unpaired) electrons. The molecule has 0 aromatic rings. The lowest BCUT2D eigenvalue weighted by atomic mass is 9.65. The first-order valence-electron chi connectivity index (χ1n) is 7.52. The van der Waals surface area contributed by atoms with Crippen LogP contribution in [0.1, 0.15) is 57.8 Å². The Labute approximate surface area is 110 Å². The second-order valence-electron chi connectivity index (χ2n) is 6.23. The van der Waals surface area contributed by atoms with Gasteiger partial charge in [-0.05, 0) is 61.2 Å². The molecule has 2 fully saturated rings. The topological polar surface area (TPSA) is 0 Å². The van der Waals surface area contributed by atoms with E-state index in [1.807, 2.05) is 11.5 Å². The molecular weight excluding hydrogens is 224 g/mol. The summed E-state index contributed by atoms with van der Waals surface area (Å²) in [7, 11) is 0. The molecule has 0 aromatic heterocycles. The average molecular weight is 246 g/mol. The molecule has 3 unspecified atom stereocenters. The van der Waals surface area contributed by atoms with Crippen molar-refractivity contribution in [1.82, 2.24) is 0 Å². The Balaban J connectivity index is 1.65. The molecule has 17 heavy (non-hydrogen) atoms. The lowest BCUT2D eigenvalue weighted by molar-refractivity contribution is 0.344. The zero-order valence-corrected chi connectivity index (χ0v) is 11.4. The zero-order valence-electron chi connectivity index (χ0n) is 10.6. The molecule has 0 nitrogen and oxygen atoms in total. The van der Waals surface area contributed by atoms with E-state index in [4.69, 9.17) is 0 Å². The Morgan fingerprint density at radius 1 is 1.00 bits per heavy atom. The Hall–Kier alpha value is 0.0900. The molecule has 4 aliphatic rings. The highest BCUT2D eigenvalue weighted by atomic mass is 32.2. The summed E-state index contributed by atoms with van der Waals surface area (Å²) in [6, 6.07) is 0. The van der Waals surface area contributed by atoms with Crippen molar-refractivity contribution in [2.45, 2.75) is 63.0 Å². The molecule has 0 amide bonds. The molecule has 0 spiro atoms. The van der Waals surface area contributed by atoms with Gasteiger partial charge in [-0.25, -0.2) is 0 Å². The van der Waals surface area contributed by atoms with Crippen molar-refractivity contribution in [2.75, 3.05) is 0 Å². The Bertz CT molecular complexity index is 343. The van der Waals surface area contributed by atoms with E-state index in [2.05, 4.69) is 18.2 Å². The van der Waals surface area contributed by atoms with E-state index in [1.54, 1.807) is 4.91 Å². The van der Waals surface area contributed by atoms with Crippen molar-refractivity contribution in [2.24, 2.45) is 11.8 Å². The first kappa shape index (κ1) is 11.0. The third-order valence-electron chi connectivity index (χ3n) is 5.32. The van der Waals surface area contributed by atoms with Crippen LogP contribution in [0.25, 0.3) is 0 Å². The summed E-state index contributed by atoms with van der Waals surface area (Å²) < 4.78 is 0. The van der Waals surface area contributed by atoms with Gasteiger partial charge in [-0.1, -0.05) is 31.3 Å². The van der Waals surface area contributed by atoms with Crippen LogP contribution in [-0.2, 0) is 0 Å². The summed E-state index contributed by atoms with van der Waals surface area (Å²) in [5.74, 6) is 3.78. The van der Waals surface area contributed by atoms with Crippen LogP contribution < -0.4 is 0 Å². The number of hydrogen-bond acceptors (Lipinski definition) is 1. The first-order valence-corrected chi connectivity index (χ1v) is 8.40. The number of hydrogen-bond donors (Lipinski definition) is 0. The molecule has 0 N–H and O–H groups in total. The van der Waals surface area contributed by atoms with Crippen molar-refractivity contribution < 1.29 is 0 Å². The predicted octanol–water partition coefficient (Wildman–Crippen LogP) is 4.92. The molecule has 0 saturated heterocycles. The van der Waals surface area contributed by atoms with Gasteiger partial charge in [0.15, 0.2) is 0 Å². The van der Waals surface area contributed by atoms with Gasteiger partial charge in [0.1, 0.15) is 0 Å². The summed E-state index contributed by atoms with van der Waals surface area (Å²) in [4.78, 5) is 1.73. The van der Waals surface area contributed by atoms with Gasteiger partial charge in [-0.15, -0.1) is 11.8 Å². The number of thioether (sulfide) groups is 1. The van der Waals surface area contributed by atoms with E-state index in [9.17, 15) is 0 Å². The van der Waals surface area contributed by atoms with Crippen LogP contribution in [0.5, 0.6) is 0 Å². The molecule has 4 rings (SSSR count). The van der Waals surface area contributed by atoms with Gasteiger partial charge in [0, 0.05) is 5.25 Å². The molecule has 2 saturated carbocycles. The van der Waals surface area contributed by atoms with Crippen LogP contribution in [0.15, 0.2) is 10.5 Å². The van der Waals surface area contributed by atoms with Gasteiger partial charge < -0.3 is 0 Å². The fourth-order valence-electron chi connectivity index (χ4n) is 4.53. The summed E-state index contributed by atoms with van der Waals surface area (Å²) in [5.41, 5.74) is 1.92. The summed E-state index contributed by atoms with van der Waals surface area (Å²) in [6.07, 6.45) is 15.7. The van der Waals surface area contributed by atoms with Crippen molar-refractivity contribution in [3.63, 3.8) is 0 Å². The SMILES string of the molecule is [CH]1C[C]2CCCCC2C2=C1SC1CCCCC21. The standard InChI is InChI=1S/C16H22S/c1-2-6-12-11(5-1)9-10-15-16(12)13-7-3-4-8-14(13)17-15/h10,12-14H,1-9H2. The summed E-state index contributed by atoms with van der Waals surface area (Å²) in [5, 5.41) is 0.964. The molecule has 1 heterocycles. The van der Waals surface area contributed by atoms with Crippen LogP contribution in [0.3, 0.4) is 0 Å². The van der Waals surface area contributed by atoms with Crippen LogP contribution in [-0.4, -0.2) is 5.25 Å². The van der Waals surface area contributed by atoms with E-state index in [0.29, 0.717) is 0 Å². The van der Waals surface area contributed by atoms with Crippen molar-refractivity contribution in [3.8, 4) is 0 Å². The van der Waals surface area contributed by atoms with Gasteiger partial charge in [0.2, 0.25) is 0 Å². The lowest BCUT2D eigenvalue weighted by Gasteiger charge is -2.39. The second-order valence-corrected chi connectivity index (χ2v) is 7.51. The molecule has 92 valence electrons. The van der Waals surface area contributed by atoms with E-state index < -0.39 is 0 Å². The molecular formula is C16H22S. The minimum absolute atomic E-state index is 0.921. The highest BCUT2D eigenvalue weighted by Crippen LogP contribution is 2.59. The summed E-state index contributed by atoms with van der Waals surface area (Å²) in [6.45, 7) is 0. The minimum Gasteiger partial charge on any atom is -0.126 e. The molecule has 3 atom stereocenters.